The average Bonchev–Trinajstić information content (AvgIpc) is 2.30. The number of carboxylic acids is 1. The summed E-state index contributed by atoms with van der Waals surface area (Å²) in [5, 5.41) is 11.3. The zero-order chi connectivity index (χ0) is 14.1. The molecule has 0 saturated carbocycles. The fraction of sp³-hybridized carbons (Fsp3) is 0.833. The van der Waals surface area contributed by atoms with Crippen molar-refractivity contribution in [1.29, 1.82) is 0 Å². The van der Waals surface area contributed by atoms with Gasteiger partial charge in [-0.05, 0) is 33.9 Å². The van der Waals surface area contributed by atoms with E-state index >= 15 is 0 Å². The summed E-state index contributed by atoms with van der Waals surface area (Å²) >= 11 is 0. The Morgan fingerprint density at radius 2 is 1.83 bits per heavy atom. The van der Waals surface area contributed by atoms with Crippen molar-refractivity contribution in [2.75, 3.05) is 33.7 Å². The van der Waals surface area contributed by atoms with E-state index in [1.165, 1.54) is 4.90 Å². The number of hydrogen-bond donors (Lipinski definition) is 2. The molecule has 0 radical (unpaired) electrons. The Morgan fingerprint density at radius 1 is 1.22 bits per heavy atom. The molecule has 18 heavy (non-hydrogen) atoms. The molecule has 0 unspecified atom stereocenters. The molecule has 0 rings (SSSR count). The monoisotopic (exact) mass is 259 g/mol. The van der Waals surface area contributed by atoms with Crippen molar-refractivity contribution in [3.63, 3.8) is 0 Å². The lowest BCUT2D eigenvalue weighted by molar-refractivity contribution is -0.137. The Kier molecular flexibility index (Phi) is 8.11. The first-order chi connectivity index (χ1) is 8.34. The Balaban J connectivity index is 3.67. The van der Waals surface area contributed by atoms with Crippen LogP contribution in [-0.4, -0.2) is 66.7 Å². The third-order valence-electron chi connectivity index (χ3n) is 2.85. The molecule has 6 nitrogen and oxygen atoms in total. The number of nitrogens with one attached hydrogen (secondary N) is 1. The molecule has 0 heterocycles. The number of nitrogens with zero attached hydrogens (tertiary/aromatic N) is 2. The fourth-order valence-electron chi connectivity index (χ4n) is 1.28. The van der Waals surface area contributed by atoms with E-state index in [2.05, 4.69) is 24.1 Å². The van der Waals surface area contributed by atoms with Crippen LogP contribution >= 0.6 is 0 Å². The molecule has 0 bridgehead atoms. The van der Waals surface area contributed by atoms with Crippen molar-refractivity contribution in [3.05, 3.63) is 0 Å². The molecule has 0 spiro atoms. The molecule has 2 N–H and O–H groups in total. The number of rotatable bonds is 8. The maximum absolute atomic E-state index is 11.5. The highest BCUT2D eigenvalue weighted by Crippen LogP contribution is 1.95. The molecule has 0 aliphatic carbocycles. The van der Waals surface area contributed by atoms with Crippen LogP contribution in [0.25, 0.3) is 0 Å². The van der Waals surface area contributed by atoms with Crippen molar-refractivity contribution in [1.82, 2.24) is 15.1 Å². The minimum absolute atomic E-state index is 0.0278. The molecule has 0 aromatic carbocycles. The van der Waals surface area contributed by atoms with Crippen molar-refractivity contribution in [2.24, 2.45) is 0 Å². The first-order valence-electron chi connectivity index (χ1n) is 6.25. The standard InChI is InChI=1S/C12H25N3O3/c1-10(2)14(3)8-5-7-13-12(18)15(4)9-6-11(16)17/h10H,5-9H2,1-4H3,(H,13,18)(H,16,17). The summed E-state index contributed by atoms with van der Waals surface area (Å²) in [5.74, 6) is -0.895. The van der Waals surface area contributed by atoms with Gasteiger partial charge in [0, 0.05) is 26.2 Å². The molecule has 0 aliphatic rings. The SMILES string of the molecule is CC(C)N(C)CCCNC(=O)N(C)CCC(=O)O. The number of urea groups is 1. The molecule has 0 saturated heterocycles. The van der Waals surface area contributed by atoms with Gasteiger partial charge in [0.05, 0.1) is 6.42 Å². The van der Waals surface area contributed by atoms with Crippen LogP contribution in [0.5, 0.6) is 0 Å². The maximum Gasteiger partial charge on any atom is 0.317 e. The van der Waals surface area contributed by atoms with E-state index in [9.17, 15) is 9.59 Å². The van der Waals surface area contributed by atoms with Crippen LogP contribution in [0.3, 0.4) is 0 Å². The number of carbonyl (C=O) groups excluding carboxylic acids is 1. The van der Waals surface area contributed by atoms with Gasteiger partial charge in [-0.2, -0.15) is 0 Å². The van der Waals surface area contributed by atoms with Crippen LogP contribution in [-0.2, 0) is 4.79 Å². The minimum Gasteiger partial charge on any atom is -0.481 e. The van der Waals surface area contributed by atoms with Crippen LogP contribution in [0.15, 0.2) is 0 Å². The summed E-state index contributed by atoms with van der Waals surface area (Å²) in [6.45, 7) is 6.01. The van der Waals surface area contributed by atoms with Gasteiger partial charge in [-0.1, -0.05) is 0 Å². The van der Waals surface area contributed by atoms with Crippen molar-refractivity contribution in [2.45, 2.75) is 32.7 Å². The second-order valence-corrected chi connectivity index (χ2v) is 4.73. The van der Waals surface area contributed by atoms with Crippen LogP contribution in [0.2, 0.25) is 0 Å². The fourth-order valence-corrected chi connectivity index (χ4v) is 1.28. The number of carbonyl (C=O) groups is 2. The number of hydrogen-bond acceptors (Lipinski definition) is 3. The van der Waals surface area contributed by atoms with Gasteiger partial charge >= 0.3 is 12.0 Å². The zero-order valence-corrected chi connectivity index (χ0v) is 11.8. The molecule has 0 atom stereocenters. The predicted molar refractivity (Wildman–Crippen MR) is 70.7 cm³/mol. The van der Waals surface area contributed by atoms with E-state index in [0.717, 1.165) is 13.0 Å². The molecular weight excluding hydrogens is 234 g/mol. The van der Waals surface area contributed by atoms with E-state index in [-0.39, 0.29) is 19.0 Å². The van der Waals surface area contributed by atoms with Crippen LogP contribution in [0.1, 0.15) is 26.7 Å². The van der Waals surface area contributed by atoms with Crippen molar-refractivity contribution in [3.8, 4) is 0 Å². The van der Waals surface area contributed by atoms with E-state index < -0.39 is 5.97 Å². The summed E-state index contributed by atoms with van der Waals surface area (Å²) in [6.07, 6.45) is 0.854. The van der Waals surface area contributed by atoms with Crippen molar-refractivity contribution < 1.29 is 14.7 Å². The van der Waals surface area contributed by atoms with Crippen LogP contribution in [0.4, 0.5) is 4.79 Å². The summed E-state index contributed by atoms with van der Waals surface area (Å²) in [4.78, 5) is 25.5. The molecule has 0 fully saturated rings. The van der Waals surface area contributed by atoms with Crippen LogP contribution in [0, 0.1) is 0 Å². The molecule has 106 valence electrons. The molecule has 0 aromatic rings. The van der Waals surface area contributed by atoms with Crippen molar-refractivity contribution >= 4 is 12.0 Å². The van der Waals surface area contributed by atoms with Gasteiger partial charge in [-0.15, -0.1) is 0 Å². The van der Waals surface area contributed by atoms with Gasteiger partial charge in [0.25, 0.3) is 0 Å². The van der Waals surface area contributed by atoms with Crippen LogP contribution < -0.4 is 5.32 Å². The van der Waals surface area contributed by atoms with Gasteiger partial charge in [0.2, 0.25) is 0 Å². The molecule has 0 aliphatic heterocycles. The van der Waals surface area contributed by atoms with Gasteiger partial charge in [-0.25, -0.2) is 4.79 Å². The van der Waals surface area contributed by atoms with E-state index in [1.54, 1.807) is 7.05 Å². The molecule has 6 heteroatoms. The van der Waals surface area contributed by atoms with E-state index in [0.29, 0.717) is 12.6 Å². The first kappa shape index (κ1) is 16.7. The highest BCUT2D eigenvalue weighted by Gasteiger charge is 2.09. The Bertz CT molecular complexity index is 269. The summed E-state index contributed by atoms with van der Waals surface area (Å²) in [6, 6.07) is 0.280. The lowest BCUT2D eigenvalue weighted by atomic mass is 10.3. The second kappa shape index (κ2) is 8.74. The number of aliphatic carboxylic acids is 1. The maximum atomic E-state index is 11.5. The Morgan fingerprint density at radius 3 is 2.33 bits per heavy atom. The Hall–Kier alpha value is -1.30. The Labute approximate surface area is 109 Å². The summed E-state index contributed by atoms with van der Waals surface area (Å²) < 4.78 is 0. The smallest absolute Gasteiger partial charge is 0.317 e. The number of amides is 2. The van der Waals surface area contributed by atoms with Gasteiger partial charge in [0.15, 0.2) is 0 Å². The zero-order valence-electron chi connectivity index (χ0n) is 11.8. The van der Waals surface area contributed by atoms with Gasteiger partial charge in [0.1, 0.15) is 0 Å². The topological polar surface area (TPSA) is 72.9 Å². The lowest BCUT2D eigenvalue weighted by Gasteiger charge is -2.21. The van der Waals surface area contributed by atoms with Gasteiger partial charge < -0.3 is 20.2 Å². The summed E-state index contributed by atoms with van der Waals surface area (Å²) in [5.41, 5.74) is 0. The molecular formula is C12H25N3O3. The second-order valence-electron chi connectivity index (χ2n) is 4.73. The quantitative estimate of drug-likeness (QED) is 0.633. The normalized spacial score (nSPS) is 10.8. The largest absolute Gasteiger partial charge is 0.481 e. The average molecular weight is 259 g/mol. The minimum atomic E-state index is -0.895. The number of carboxylic acid groups (broad SMARTS) is 1. The third kappa shape index (κ3) is 7.89. The van der Waals surface area contributed by atoms with Gasteiger partial charge in [-0.3, -0.25) is 4.79 Å². The summed E-state index contributed by atoms with van der Waals surface area (Å²) in [7, 11) is 3.64. The third-order valence-corrected chi connectivity index (χ3v) is 2.85. The first-order valence-corrected chi connectivity index (χ1v) is 6.25. The highest BCUT2D eigenvalue weighted by atomic mass is 16.4. The van der Waals surface area contributed by atoms with E-state index in [1.807, 2.05) is 7.05 Å². The highest BCUT2D eigenvalue weighted by molar-refractivity contribution is 5.74. The molecule has 0 aromatic heterocycles. The molecule has 2 amide bonds. The van der Waals surface area contributed by atoms with E-state index in [4.69, 9.17) is 5.11 Å². The predicted octanol–water partition coefficient (Wildman–Crippen LogP) is 0.833. The lowest BCUT2D eigenvalue weighted by Crippen LogP contribution is -2.39.